The third kappa shape index (κ3) is 4.30. The molecule has 156 valence electrons. The number of hydrogen-bond acceptors (Lipinski definition) is 4. The second-order valence-corrected chi connectivity index (χ2v) is 8.38. The van der Waals surface area contributed by atoms with Crippen LogP contribution in [0.3, 0.4) is 0 Å². The minimum Gasteiger partial charge on any atom is -0.350 e. The van der Waals surface area contributed by atoms with E-state index in [1.165, 1.54) is 22.1 Å². The van der Waals surface area contributed by atoms with Crippen LogP contribution in [0.15, 0.2) is 48.8 Å². The van der Waals surface area contributed by atoms with Gasteiger partial charge in [0.1, 0.15) is 5.82 Å². The molecule has 0 radical (unpaired) electrons. The summed E-state index contributed by atoms with van der Waals surface area (Å²) in [5, 5.41) is 1.19. The molecule has 1 amide bonds. The molecule has 0 aliphatic carbocycles. The van der Waals surface area contributed by atoms with Crippen molar-refractivity contribution < 1.29 is 4.79 Å². The predicted octanol–water partition coefficient (Wildman–Crippen LogP) is 4.31. The minimum atomic E-state index is 0.258. The molecule has 1 fully saturated rings. The highest BCUT2D eigenvalue weighted by Gasteiger charge is 2.28. The lowest BCUT2D eigenvalue weighted by Crippen LogP contribution is -2.54. The molecule has 30 heavy (non-hydrogen) atoms. The smallest absolute Gasteiger partial charge is 0.222 e. The lowest BCUT2D eigenvalue weighted by molar-refractivity contribution is -0.132. The van der Waals surface area contributed by atoms with Crippen LogP contribution in [-0.4, -0.2) is 46.5 Å². The minimum absolute atomic E-state index is 0.258. The number of aromatic nitrogens is 2. The van der Waals surface area contributed by atoms with Gasteiger partial charge in [-0.25, -0.2) is 4.98 Å². The summed E-state index contributed by atoms with van der Waals surface area (Å²) < 4.78 is 0. The average Bonchev–Trinajstić information content (AvgIpc) is 2.74. The van der Waals surface area contributed by atoms with Gasteiger partial charge in [-0.2, -0.15) is 0 Å². The summed E-state index contributed by atoms with van der Waals surface area (Å²) in [5.74, 6) is 1.30. The number of rotatable bonds is 5. The topological polar surface area (TPSA) is 49.3 Å². The molecule has 0 bridgehead atoms. The third-order valence-electron chi connectivity index (χ3n) is 6.01. The van der Waals surface area contributed by atoms with Crippen LogP contribution in [0.5, 0.6) is 0 Å². The Balaban J connectivity index is 1.33. The molecule has 1 unspecified atom stereocenters. The molecule has 3 aromatic rings. The molecule has 0 N–H and O–H groups in total. The molecule has 1 aliphatic heterocycles. The Morgan fingerprint density at radius 2 is 2.00 bits per heavy atom. The zero-order chi connectivity index (χ0) is 21.1. The van der Waals surface area contributed by atoms with E-state index < -0.39 is 0 Å². The maximum atomic E-state index is 12.8. The van der Waals surface area contributed by atoms with Crippen molar-refractivity contribution >= 4 is 22.6 Å². The average molecular weight is 403 g/mol. The van der Waals surface area contributed by atoms with E-state index >= 15 is 0 Å². The van der Waals surface area contributed by atoms with E-state index in [4.69, 9.17) is 0 Å². The maximum Gasteiger partial charge on any atom is 0.222 e. The number of piperazine rings is 1. The van der Waals surface area contributed by atoms with Crippen molar-refractivity contribution in [3.05, 3.63) is 65.5 Å². The molecule has 1 aliphatic rings. The molecule has 1 saturated heterocycles. The number of nitrogens with zero attached hydrogens (tertiary/aromatic N) is 4. The van der Waals surface area contributed by atoms with E-state index in [0.717, 1.165) is 43.8 Å². The Morgan fingerprint density at radius 1 is 1.13 bits per heavy atom. The second kappa shape index (κ2) is 8.82. The number of anilines is 1. The van der Waals surface area contributed by atoms with E-state index in [0.29, 0.717) is 6.42 Å². The lowest BCUT2D eigenvalue weighted by atomic mass is 10.0. The molecule has 1 atom stereocenters. The van der Waals surface area contributed by atoms with Gasteiger partial charge in [-0.15, -0.1) is 0 Å². The molecule has 1 aromatic carbocycles. The van der Waals surface area contributed by atoms with Crippen molar-refractivity contribution in [2.45, 2.75) is 46.1 Å². The largest absolute Gasteiger partial charge is 0.350 e. The first-order valence-electron chi connectivity index (χ1n) is 10.8. The molecule has 2 aromatic heterocycles. The molecule has 3 heterocycles. The number of aryl methyl sites for hydroxylation is 3. The van der Waals surface area contributed by atoms with Crippen LogP contribution >= 0.6 is 0 Å². The molecule has 5 nitrogen and oxygen atoms in total. The molecule has 0 spiro atoms. The van der Waals surface area contributed by atoms with Gasteiger partial charge in [0.25, 0.3) is 0 Å². The highest BCUT2D eigenvalue weighted by atomic mass is 16.2. The van der Waals surface area contributed by atoms with Gasteiger partial charge in [-0.3, -0.25) is 9.78 Å². The van der Waals surface area contributed by atoms with Gasteiger partial charge in [0.15, 0.2) is 0 Å². The highest BCUT2D eigenvalue weighted by Crippen LogP contribution is 2.23. The first kappa shape index (κ1) is 20.3. The van der Waals surface area contributed by atoms with Gasteiger partial charge < -0.3 is 9.80 Å². The van der Waals surface area contributed by atoms with Crippen molar-refractivity contribution in [2.24, 2.45) is 0 Å². The van der Waals surface area contributed by atoms with Gasteiger partial charge in [0, 0.05) is 49.9 Å². The van der Waals surface area contributed by atoms with Gasteiger partial charge >= 0.3 is 0 Å². The Labute approximate surface area is 178 Å². The normalized spacial score (nSPS) is 16.8. The van der Waals surface area contributed by atoms with Crippen LogP contribution in [0.1, 0.15) is 36.5 Å². The van der Waals surface area contributed by atoms with Crippen molar-refractivity contribution in [3.63, 3.8) is 0 Å². The van der Waals surface area contributed by atoms with E-state index in [2.05, 4.69) is 59.9 Å². The molecular formula is C25H30N4O. The quantitative estimate of drug-likeness (QED) is 0.638. The van der Waals surface area contributed by atoms with Crippen LogP contribution in [-0.2, 0) is 11.2 Å². The van der Waals surface area contributed by atoms with Crippen LogP contribution in [0, 0.1) is 13.8 Å². The Hall–Kier alpha value is -2.95. The van der Waals surface area contributed by atoms with E-state index in [9.17, 15) is 4.79 Å². The summed E-state index contributed by atoms with van der Waals surface area (Å²) in [6.45, 7) is 8.71. The van der Waals surface area contributed by atoms with Gasteiger partial charge in [-0.05, 0) is 62.4 Å². The van der Waals surface area contributed by atoms with Crippen molar-refractivity contribution in [1.29, 1.82) is 0 Å². The maximum absolute atomic E-state index is 12.8. The van der Waals surface area contributed by atoms with Crippen LogP contribution in [0.2, 0.25) is 0 Å². The van der Waals surface area contributed by atoms with Crippen LogP contribution < -0.4 is 4.90 Å². The fourth-order valence-electron chi connectivity index (χ4n) is 4.48. The number of carbonyl (C=O) groups excluding carboxylic acids is 1. The lowest BCUT2D eigenvalue weighted by Gasteiger charge is -2.41. The Morgan fingerprint density at radius 3 is 2.80 bits per heavy atom. The Bertz CT molecular complexity index is 1040. The number of benzene rings is 1. The second-order valence-electron chi connectivity index (χ2n) is 8.38. The summed E-state index contributed by atoms with van der Waals surface area (Å²) in [5.41, 5.74) is 4.67. The third-order valence-corrected chi connectivity index (χ3v) is 6.01. The number of amides is 1. The van der Waals surface area contributed by atoms with Crippen molar-refractivity contribution in [3.8, 4) is 0 Å². The number of fused-ring (bicyclic) bond motifs is 1. The zero-order valence-electron chi connectivity index (χ0n) is 18.1. The zero-order valence-corrected chi connectivity index (χ0v) is 18.1. The van der Waals surface area contributed by atoms with Gasteiger partial charge in [0.05, 0.1) is 5.52 Å². The van der Waals surface area contributed by atoms with E-state index in [1.54, 1.807) is 0 Å². The van der Waals surface area contributed by atoms with E-state index in [-0.39, 0.29) is 11.9 Å². The number of hydrogen-bond donors (Lipinski definition) is 0. The molecule has 4 rings (SSSR count). The first-order valence-corrected chi connectivity index (χ1v) is 10.8. The SMILES string of the molecule is Cc1cnc(N2CCN(C(=O)CCCc3cccc4ncccc34)CC2C)c(C)c1. The fourth-order valence-corrected chi connectivity index (χ4v) is 4.48. The Kier molecular flexibility index (Phi) is 5.98. The van der Waals surface area contributed by atoms with E-state index in [1.807, 2.05) is 29.4 Å². The van der Waals surface area contributed by atoms with Crippen molar-refractivity contribution in [1.82, 2.24) is 14.9 Å². The summed E-state index contributed by atoms with van der Waals surface area (Å²) in [6.07, 6.45) is 6.10. The van der Waals surface area contributed by atoms with Crippen LogP contribution in [0.4, 0.5) is 5.82 Å². The summed E-state index contributed by atoms with van der Waals surface area (Å²) in [6, 6.07) is 12.8. The predicted molar refractivity (Wildman–Crippen MR) is 122 cm³/mol. The number of carbonyl (C=O) groups is 1. The summed E-state index contributed by atoms with van der Waals surface area (Å²) in [4.78, 5) is 26.3. The molecular weight excluding hydrogens is 372 g/mol. The highest BCUT2D eigenvalue weighted by molar-refractivity contribution is 5.82. The molecule has 5 heteroatoms. The van der Waals surface area contributed by atoms with Gasteiger partial charge in [0.2, 0.25) is 5.91 Å². The monoisotopic (exact) mass is 402 g/mol. The first-order chi connectivity index (χ1) is 14.5. The summed E-state index contributed by atoms with van der Waals surface area (Å²) in [7, 11) is 0. The molecule has 0 saturated carbocycles. The number of pyridine rings is 2. The fraction of sp³-hybridized carbons (Fsp3) is 0.400. The van der Waals surface area contributed by atoms with Crippen LogP contribution in [0.25, 0.3) is 10.9 Å². The van der Waals surface area contributed by atoms with Gasteiger partial charge in [-0.1, -0.05) is 24.3 Å². The summed E-state index contributed by atoms with van der Waals surface area (Å²) >= 11 is 0. The van der Waals surface area contributed by atoms with Crippen molar-refractivity contribution in [2.75, 3.05) is 24.5 Å². The standard InChI is InChI=1S/C25H30N4O/c1-18-15-19(2)25(27-16-18)29-14-13-28(17-20(29)3)24(30)11-5-8-21-7-4-10-23-22(21)9-6-12-26-23/h4,6-7,9-10,12,15-16,20H,5,8,11,13-14,17H2,1-3H3.